The predicted molar refractivity (Wildman–Crippen MR) is 67.7 cm³/mol. The van der Waals surface area contributed by atoms with Crippen molar-refractivity contribution in [3.63, 3.8) is 0 Å². The minimum absolute atomic E-state index is 0.605. The van der Waals surface area contributed by atoms with Crippen LogP contribution in [0.4, 0.5) is 0 Å². The van der Waals surface area contributed by atoms with Crippen LogP contribution in [0.1, 0.15) is 30.9 Å². The van der Waals surface area contributed by atoms with E-state index >= 15 is 0 Å². The number of hydrogen-bond acceptors (Lipinski definition) is 4. The van der Waals surface area contributed by atoms with Crippen molar-refractivity contribution >= 4 is 11.3 Å². The van der Waals surface area contributed by atoms with E-state index in [2.05, 4.69) is 25.1 Å². The van der Waals surface area contributed by atoms with Gasteiger partial charge in [-0.25, -0.2) is 0 Å². The molecule has 1 atom stereocenters. The summed E-state index contributed by atoms with van der Waals surface area (Å²) < 4.78 is 5.31. The zero-order valence-corrected chi connectivity index (χ0v) is 10.8. The van der Waals surface area contributed by atoms with Crippen LogP contribution < -0.4 is 0 Å². The lowest BCUT2D eigenvalue weighted by Crippen LogP contribution is -1.95. The van der Waals surface area contributed by atoms with Crippen LogP contribution >= 0.6 is 11.3 Å². The van der Waals surface area contributed by atoms with Gasteiger partial charge in [-0.3, -0.25) is 0 Å². The number of hydrogen-bond donors (Lipinski definition) is 0. The summed E-state index contributed by atoms with van der Waals surface area (Å²) in [7, 11) is 0. The van der Waals surface area contributed by atoms with Gasteiger partial charge in [0.15, 0.2) is 0 Å². The van der Waals surface area contributed by atoms with Crippen LogP contribution in [0.2, 0.25) is 0 Å². The summed E-state index contributed by atoms with van der Waals surface area (Å²) in [4.78, 5) is 1.69. The number of nitrogens with zero attached hydrogens (tertiary/aromatic N) is 2. The normalized spacial score (nSPS) is 12.3. The Morgan fingerprint density at radius 3 is 3.00 bits per heavy atom. The minimum Gasteiger partial charge on any atom is -0.361 e. The first-order valence-corrected chi connectivity index (χ1v) is 6.50. The van der Waals surface area contributed by atoms with E-state index in [0.29, 0.717) is 10.8 Å². The molecule has 2 heterocycles. The Morgan fingerprint density at radius 1 is 1.53 bits per heavy atom. The summed E-state index contributed by atoms with van der Waals surface area (Å²) in [5, 5.41) is 12.8. The van der Waals surface area contributed by atoms with Crippen LogP contribution in [-0.4, -0.2) is 5.16 Å². The van der Waals surface area contributed by atoms with Gasteiger partial charge in [0.05, 0.1) is 4.88 Å². The van der Waals surface area contributed by atoms with Crippen LogP contribution in [0, 0.1) is 17.2 Å². The van der Waals surface area contributed by atoms with E-state index in [1.165, 1.54) is 11.3 Å². The first kappa shape index (κ1) is 11.9. The summed E-state index contributed by atoms with van der Waals surface area (Å²) in [5.74, 6) is 1.52. The van der Waals surface area contributed by atoms with Gasteiger partial charge in [0.2, 0.25) is 0 Å². The molecule has 0 radical (unpaired) electrons. The molecule has 0 aliphatic carbocycles. The molecule has 0 spiro atoms. The lowest BCUT2D eigenvalue weighted by Gasteiger charge is -2.02. The molecule has 2 aromatic heterocycles. The molecule has 17 heavy (non-hydrogen) atoms. The summed E-state index contributed by atoms with van der Waals surface area (Å²) in [5.41, 5.74) is 0.829. The second-order valence-corrected chi connectivity index (χ2v) is 5.26. The summed E-state index contributed by atoms with van der Waals surface area (Å²) in [6, 6.07) is 7.82. The molecule has 0 saturated heterocycles. The van der Waals surface area contributed by atoms with Gasteiger partial charge >= 0.3 is 0 Å². The molecule has 0 amide bonds. The van der Waals surface area contributed by atoms with Crippen molar-refractivity contribution in [1.29, 1.82) is 5.26 Å². The van der Waals surface area contributed by atoms with Crippen molar-refractivity contribution in [3.05, 3.63) is 28.8 Å². The Labute approximate surface area is 105 Å². The van der Waals surface area contributed by atoms with Crippen molar-refractivity contribution in [2.24, 2.45) is 5.92 Å². The van der Waals surface area contributed by atoms with Gasteiger partial charge < -0.3 is 4.52 Å². The maximum atomic E-state index is 8.77. The van der Waals surface area contributed by atoms with Gasteiger partial charge in [-0.1, -0.05) is 25.4 Å². The lowest BCUT2D eigenvalue weighted by molar-refractivity contribution is 0.363. The van der Waals surface area contributed by atoms with E-state index in [1.807, 2.05) is 18.2 Å². The summed E-state index contributed by atoms with van der Waals surface area (Å²) >= 11 is 1.44. The van der Waals surface area contributed by atoms with Gasteiger partial charge in [-0.05, 0) is 18.1 Å². The minimum atomic E-state index is 0.605. The molecule has 0 N–H and O–H groups in total. The highest BCUT2D eigenvalue weighted by atomic mass is 32.1. The summed E-state index contributed by atoms with van der Waals surface area (Å²) in [6.45, 7) is 4.36. The third kappa shape index (κ3) is 2.75. The number of aromatic nitrogens is 1. The molecule has 0 bridgehead atoms. The number of rotatable bonds is 4. The second-order valence-electron chi connectivity index (χ2n) is 4.17. The molecule has 4 heteroatoms. The van der Waals surface area contributed by atoms with Crippen LogP contribution in [0.3, 0.4) is 0 Å². The van der Waals surface area contributed by atoms with E-state index in [-0.39, 0.29) is 0 Å². The smallest absolute Gasteiger partial charge is 0.137 e. The van der Waals surface area contributed by atoms with E-state index in [9.17, 15) is 0 Å². The molecule has 2 rings (SSSR count). The van der Waals surface area contributed by atoms with E-state index in [1.54, 1.807) is 0 Å². The Kier molecular flexibility index (Phi) is 3.60. The fourth-order valence-electron chi connectivity index (χ4n) is 1.55. The quantitative estimate of drug-likeness (QED) is 0.823. The molecular formula is C13H14N2OS. The van der Waals surface area contributed by atoms with Crippen molar-refractivity contribution < 1.29 is 4.52 Å². The zero-order chi connectivity index (χ0) is 12.3. The van der Waals surface area contributed by atoms with Gasteiger partial charge in [0.25, 0.3) is 0 Å². The van der Waals surface area contributed by atoms with Gasteiger partial charge in [0, 0.05) is 12.5 Å². The van der Waals surface area contributed by atoms with Gasteiger partial charge in [-0.2, -0.15) is 5.26 Å². The maximum Gasteiger partial charge on any atom is 0.137 e. The molecule has 88 valence electrons. The fraction of sp³-hybridized carbons (Fsp3) is 0.385. The molecule has 3 nitrogen and oxygen atoms in total. The molecule has 0 aromatic carbocycles. The predicted octanol–water partition coefficient (Wildman–Crippen LogP) is 3.86. The molecule has 1 unspecified atom stereocenters. The van der Waals surface area contributed by atoms with Gasteiger partial charge in [-0.15, -0.1) is 11.3 Å². The van der Waals surface area contributed by atoms with Crippen LogP contribution in [0.15, 0.2) is 22.7 Å². The van der Waals surface area contributed by atoms with Crippen molar-refractivity contribution in [3.8, 4) is 16.6 Å². The maximum absolute atomic E-state index is 8.77. The monoisotopic (exact) mass is 246 g/mol. The van der Waals surface area contributed by atoms with E-state index < -0.39 is 0 Å². The Hall–Kier alpha value is -1.60. The third-order valence-corrected chi connectivity index (χ3v) is 3.79. The van der Waals surface area contributed by atoms with Crippen molar-refractivity contribution in [1.82, 2.24) is 5.16 Å². The largest absolute Gasteiger partial charge is 0.361 e. The Bertz CT molecular complexity index is 536. The average molecular weight is 246 g/mol. The molecule has 2 aromatic rings. The van der Waals surface area contributed by atoms with E-state index in [4.69, 9.17) is 9.78 Å². The first-order valence-electron chi connectivity index (χ1n) is 5.68. The topological polar surface area (TPSA) is 49.8 Å². The summed E-state index contributed by atoms with van der Waals surface area (Å²) in [6.07, 6.45) is 2.05. The Morgan fingerprint density at radius 2 is 2.35 bits per heavy atom. The average Bonchev–Trinajstić information content (AvgIpc) is 2.96. The van der Waals surface area contributed by atoms with Crippen LogP contribution in [0.5, 0.6) is 0 Å². The zero-order valence-electron chi connectivity index (χ0n) is 9.93. The molecule has 0 aliphatic rings. The van der Waals surface area contributed by atoms with Gasteiger partial charge in [0.1, 0.15) is 22.4 Å². The number of nitriles is 1. The standard InChI is InChI=1S/C13H14N2OS/c1-3-9(2)6-10-7-12(15-16-10)13-5-4-11(8-14)17-13/h4-5,7,9H,3,6H2,1-2H3. The second kappa shape index (κ2) is 5.15. The number of thiophene rings is 1. The fourth-order valence-corrected chi connectivity index (χ4v) is 2.30. The molecular weight excluding hydrogens is 232 g/mol. The molecule has 0 fully saturated rings. The van der Waals surface area contributed by atoms with Crippen LogP contribution in [0.25, 0.3) is 10.6 Å². The van der Waals surface area contributed by atoms with E-state index in [0.717, 1.165) is 29.2 Å². The highest BCUT2D eigenvalue weighted by Crippen LogP contribution is 2.27. The third-order valence-electron chi connectivity index (χ3n) is 2.77. The van der Waals surface area contributed by atoms with Crippen molar-refractivity contribution in [2.45, 2.75) is 26.7 Å². The molecule has 0 saturated carbocycles. The lowest BCUT2D eigenvalue weighted by atomic mass is 10.0. The van der Waals surface area contributed by atoms with Crippen molar-refractivity contribution in [2.75, 3.05) is 0 Å². The highest BCUT2D eigenvalue weighted by molar-refractivity contribution is 7.15. The molecule has 0 aliphatic heterocycles. The highest BCUT2D eigenvalue weighted by Gasteiger charge is 2.11. The first-order chi connectivity index (χ1) is 8.22. The Balaban J connectivity index is 2.15. The SMILES string of the molecule is CCC(C)Cc1cc(-c2ccc(C#N)s2)no1. The van der Waals surface area contributed by atoms with Crippen LogP contribution in [-0.2, 0) is 6.42 Å².